The molecule has 0 rings (SSSR count). The average Bonchev–Trinajstić information content (AvgIpc) is 2.31. The molecule has 0 heterocycles. The molecule has 0 fully saturated rings. The van der Waals surface area contributed by atoms with Gasteiger partial charge in [0.1, 0.15) is 0 Å². The molecule has 0 aliphatic heterocycles. The Bertz CT molecular complexity index is 179. The Hall–Kier alpha value is -0.120. The molecule has 0 aromatic carbocycles. The summed E-state index contributed by atoms with van der Waals surface area (Å²) in [5.41, 5.74) is 0.268. The van der Waals surface area contributed by atoms with Gasteiger partial charge in [0.15, 0.2) is 0 Å². The fourth-order valence-corrected chi connectivity index (χ4v) is 2.93. The number of rotatable bonds is 10. The van der Waals surface area contributed by atoms with Crippen LogP contribution in [0.3, 0.4) is 0 Å². The van der Waals surface area contributed by atoms with Gasteiger partial charge in [-0.15, -0.1) is 0 Å². The molecule has 0 bridgehead atoms. The van der Waals surface area contributed by atoms with Crippen molar-refractivity contribution in [2.75, 3.05) is 34.4 Å². The second kappa shape index (κ2) is 8.90. The lowest BCUT2D eigenvalue weighted by atomic mass is 9.81. The highest BCUT2D eigenvalue weighted by molar-refractivity contribution is 4.96. The first-order chi connectivity index (χ1) is 8.08. The molecule has 0 aliphatic rings. The number of methoxy groups -OCH3 is 1. The number of likely N-dealkylation sites (N-methyl/N-ethyl adjacent to an activating group) is 2. The van der Waals surface area contributed by atoms with Crippen LogP contribution in [-0.4, -0.2) is 50.8 Å². The molecule has 0 saturated heterocycles. The van der Waals surface area contributed by atoms with Crippen LogP contribution in [0, 0.1) is 0 Å². The van der Waals surface area contributed by atoms with Crippen molar-refractivity contribution in [3.05, 3.63) is 0 Å². The quantitative estimate of drug-likeness (QED) is 0.598. The lowest BCUT2D eigenvalue weighted by Gasteiger charge is -2.45. The zero-order valence-corrected chi connectivity index (χ0v) is 12.7. The number of nitrogens with one attached hydrogen (secondary N) is 1. The summed E-state index contributed by atoms with van der Waals surface area (Å²) in [6, 6.07) is 0.549. The van der Waals surface area contributed by atoms with E-state index in [1.807, 2.05) is 0 Å². The van der Waals surface area contributed by atoms with Crippen LogP contribution in [0.5, 0.6) is 0 Å². The molecule has 0 saturated carbocycles. The molecule has 0 spiro atoms. The number of hydrogen-bond donors (Lipinski definition) is 1. The molecule has 17 heavy (non-hydrogen) atoms. The summed E-state index contributed by atoms with van der Waals surface area (Å²) in [4.78, 5) is 2.40. The number of ether oxygens (including phenoxy) is 1. The Labute approximate surface area is 108 Å². The van der Waals surface area contributed by atoms with Gasteiger partial charge in [-0.1, -0.05) is 20.8 Å². The van der Waals surface area contributed by atoms with Gasteiger partial charge in [-0.2, -0.15) is 0 Å². The third-order valence-corrected chi connectivity index (χ3v) is 4.06. The second-order valence-electron chi connectivity index (χ2n) is 4.95. The van der Waals surface area contributed by atoms with Crippen molar-refractivity contribution in [1.29, 1.82) is 0 Å². The highest BCUT2D eigenvalue weighted by atomic mass is 16.5. The Morgan fingerprint density at radius 2 is 1.76 bits per heavy atom. The Kier molecular flexibility index (Phi) is 8.83. The molecule has 0 aliphatic carbocycles. The summed E-state index contributed by atoms with van der Waals surface area (Å²) < 4.78 is 5.17. The van der Waals surface area contributed by atoms with Gasteiger partial charge in [-0.05, 0) is 46.3 Å². The molecule has 0 amide bonds. The van der Waals surface area contributed by atoms with Crippen LogP contribution in [0.1, 0.15) is 46.5 Å². The lowest BCUT2D eigenvalue weighted by Crippen LogP contribution is -2.58. The van der Waals surface area contributed by atoms with Crippen molar-refractivity contribution in [3.8, 4) is 0 Å². The first kappa shape index (κ1) is 16.9. The molecular weight excluding hydrogens is 212 g/mol. The highest BCUT2D eigenvalue weighted by Gasteiger charge is 2.36. The minimum absolute atomic E-state index is 0.268. The van der Waals surface area contributed by atoms with E-state index < -0.39 is 0 Å². The SMILES string of the molecule is CCNC(CCCOC)C(CC)(CC)N(C)C. The largest absolute Gasteiger partial charge is 0.385 e. The number of hydrogen-bond acceptors (Lipinski definition) is 3. The van der Waals surface area contributed by atoms with E-state index in [0.717, 1.165) is 19.6 Å². The van der Waals surface area contributed by atoms with Crippen LogP contribution in [0.4, 0.5) is 0 Å². The van der Waals surface area contributed by atoms with E-state index in [9.17, 15) is 0 Å². The summed E-state index contributed by atoms with van der Waals surface area (Å²) in [7, 11) is 6.18. The molecule has 1 N–H and O–H groups in total. The molecule has 1 unspecified atom stereocenters. The third-order valence-electron chi connectivity index (χ3n) is 4.06. The van der Waals surface area contributed by atoms with E-state index in [4.69, 9.17) is 4.74 Å². The topological polar surface area (TPSA) is 24.5 Å². The summed E-state index contributed by atoms with van der Waals surface area (Å²) in [5, 5.41) is 3.67. The average molecular weight is 244 g/mol. The van der Waals surface area contributed by atoms with E-state index in [0.29, 0.717) is 6.04 Å². The van der Waals surface area contributed by atoms with Crippen LogP contribution >= 0.6 is 0 Å². The standard InChI is InChI=1S/C14H32N2O/c1-7-14(8-2,16(4)5)13(15-9-3)11-10-12-17-6/h13,15H,7-12H2,1-6H3. The zero-order valence-electron chi connectivity index (χ0n) is 12.7. The Balaban J connectivity index is 4.69. The maximum absolute atomic E-state index is 5.17. The van der Waals surface area contributed by atoms with Gasteiger partial charge in [-0.25, -0.2) is 0 Å². The summed E-state index contributed by atoms with van der Waals surface area (Å²) in [5.74, 6) is 0. The molecule has 104 valence electrons. The van der Waals surface area contributed by atoms with Gasteiger partial charge in [-0.3, -0.25) is 0 Å². The van der Waals surface area contributed by atoms with Gasteiger partial charge in [0.2, 0.25) is 0 Å². The predicted molar refractivity (Wildman–Crippen MR) is 75.6 cm³/mol. The summed E-state index contributed by atoms with van der Waals surface area (Å²) >= 11 is 0. The van der Waals surface area contributed by atoms with Crippen LogP contribution in [0.25, 0.3) is 0 Å². The van der Waals surface area contributed by atoms with Gasteiger partial charge in [0.25, 0.3) is 0 Å². The van der Waals surface area contributed by atoms with Crippen LogP contribution in [0.2, 0.25) is 0 Å². The first-order valence-corrected chi connectivity index (χ1v) is 6.98. The van der Waals surface area contributed by atoms with E-state index in [2.05, 4.69) is 45.1 Å². The normalized spacial score (nSPS) is 14.3. The Morgan fingerprint density at radius 3 is 2.12 bits per heavy atom. The van der Waals surface area contributed by atoms with Crippen molar-refractivity contribution in [2.45, 2.75) is 58.0 Å². The minimum Gasteiger partial charge on any atom is -0.385 e. The fourth-order valence-electron chi connectivity index (χ4n) is 2.93. The van der Waals surface area contributed by atoms with Crippen molar-refractivity contribution in [1.82, 2.24) is 10.2 Å². The molecule has 3 heteroatoms. The van der Waals surface area contributed by atoms with Crippen LogP contribution in [-0.2, 0) is 4.74 Å². The molecule has 0 radical (unpaired) electrons. The van der Waals surface area contributed by atoms with Gasteiger partial charge >= 0.3 is 0 Å². The van der Waals surface area contributed by atoms with Crippen molar-refractivity contribution < 1.29 is 4.74 Å². The highest BCUT2D eigenvalue weighted by Crippen LogP contribution is 2.28. The van der Waals surface area contributed by atoms with Crippen LogP contribution in [0.15, 0.2) is 0 Å². The maximum atomic E-state index is 5.17. The van der Waals surface area contributed by atoms with E-state index in [1.165, 1.54) is 19.3 Å². The monoisotopic (exact) mass is 244 g/mol. The van der Waals surface area contributed by atoms with E-state index in [1.54, 1.807) is 7.11 Å². The molecular formula is C14H32N2O. The second-order valence-corrected chi connectivity index (χ2v) is 4.95. The van der Waals surface area contributed by atoms with Gasteiger partial charge in [0.05, 0.1) is 0 Å². The van der Waals surface area contributed by atoms with Crippen LogP contribution < -0.4 is 5.32 Å². The number of nitrogens with zero attached hydrogens (tertiary/aromatic N) is 1. The zero-order chi connectivity index (χ0) is 13.3. The van der Waals surface area contributed by atoms with E-state index >= 15 is 0 Å². The molecule has 0 aromatic rings. The predicted octanol–water partition coefficient (Wildman–Crippen LogP) is 2.51. The smallest absolute Gasteiger partial charge is 0.0462 e. The van der Waals surface area contributed by atoms with Gasteiger partial charge < -0.3 is 15.0 Å². The lowest BCUT2D eigenvalue weighted by molar-refractivity contribution is 0.0786. The molecule has 3 nitrogen and oxygen atoms in total. The minimum atomic E-state index is 0.268. The Morgan fingerprint density at radius 1 is 1.18 bits per heavy atom. The van der Waals surface area contributed by atoms with Crippen molar-refractivity contribution in [2.24, 2.45) is 0 Å². The molecule has 0 aromatic heterocycles. The first-order valence-electron chi connectivity index (χ1n) is 6.98. The van der Waals surface area contributed by atoms with Gasteiger partial charge in [0, 0.05) is 25.3 Å². The third kappa shape index (κ3) is 4.57. The summed E-state index contributed by atoms with van der Waals surface area (Å²) in [6.07, 6.45) is 4.67. The van der Waals surface area contributed by atoms with Crippen molar-refractivity contribution >= 4 is 0 Å². The van der Waals surface area contributed by atoms with Crippen molar-refractivity contribution in [3.63, 3.8) is 0 Å². The molecule has 1 atom stereocenters. The fraction of sp³-hybridized carbons (Fsp3) is 1.00. The maximum Gasteiger partial charge on any atom is 0.0462 e. The van der Waals surface area contributed by atoms with E-state index in [-0.39, 0.29) is 5.54 Å². The summed E-state index contributed by atoms with van der Waals surface area (Å²) in [6.45, 7) is 8.68.